The molecule has 2 amide bonds. The molecule has 120 valence electrons. The second-order valence-corrected chi connectivity index (χ2v) is 4.72. The van der Waals surface area contributed by atoms with Gasteiger partial charge in [0.2, 0.25) is 11.8 Å². The smallest absolute Gasteiger partial charge is 0.303 e. The summed E-state index contributed by atoms with van der Waals surface area (Å²) in [6.45, 7) is 1.46. The summed E-state index contributed by atoms with van der Waals surface area (Å²) < 4.78 is 0. The van der Waals surface area contributed by atoms with Crippen LogP contribution in [0.5, 0.6) is 0 Å². The van der Waals surface area contributed by atoms with Gasteiger partial charge in [0.25, 0.3) is 0 Å². The largest absolute Gasteiger partial charge is 0.481 e. The van der Waals surface area contributed by atoms with Gasteiger partial charge in [0, 0.05) is 6.42 Å². The quantitative estimate of drug-likeness (QED) is 0.445. The number of rotatable bonds is 7. The highest BCUT2D eigenvalue weighted by Gasteiger charge is 2.23. The molecule has 2 atom stereocenters. The molecule has 0 saturated carbocycles. The number of aromatic nitrogens is 1. The number of hydrogen-bond acceptors (Lipinski definition) is 6. The molecule has 9 nitrogen and oxygen atoms in total. The minimum Gasteiger partial charge on any atom is -0.481 e. The number of pyridine rings is 1. The van der Waals surface area contributed by atoms with Crippen molar-refractivity contribution in [2.75, 3.05) is 11.1 Å². The van der Waals surface area contributed by atoms with Gasteiger partial charge in [-0.25, -0.2) is 4.98 Å². The normalized spacial score (nSPS) is 13.0. The van der Waals surface area contributed by atoms with Gasteiger partial charge < -0.3 is 27.2 Å². The second kappa shape index (κ2) is 7.93. The summed E-state index contributed by atoms with van der Waals surface area (Å²) >= 11 is 0. The Morgan fingerprint density at radius 3 is 2.55 bits per heavy atom. The maximum absolute atomic E-state index is 12.2. The minimum absolute atomic E-state index is 0.0675. The number of hydrogen-bond donors (Lipinski definition) is 5. The van der Waals surface area contributed by atoms with Gasteiger partial charge in [-0.05, 0) is 25.5 Å². The molecule has 2 unspecified atom stereocenters. The number of nitrogens with one attached hydrogen (secondary N) is 2. The van der Waals surface area contributed by atoms with Gasteiger partial charge in [0.1, 0.15) is 17.7 Å². The lowest BCUT2D eigenvalue weighted by Crippen LogP contribution is -2.49. The first-order valence-corrected chi connectivity index (χ1v) is 6.60. The van der Waals surface area contributed by atoms with E-state index in [4.69, 9.17) is 16.6 Å². The molecule has 0 spiro atoms. The summed E-state index contributed by atoms with van der Waals surface area (Å²) in [7, 11) is 0. The molecule has 0 radical (unpaired) electrons. The monoisotopic (exact) mass is 309 g/mol. The lowest BCUT2D eigenvalue weighted by Gasteiger charge is -2.18. The average Bonchev–Trinajstić information content (AvgIpc) is 2.42. The van der Waals surface area contributed by atoms with Crippen LogP contribution < -0.4 is 22.1 Å². The number of amides is 2. The molecule has 1 rings (SSSR count). The number of carboxylic acids is 1. The van der Waals surface area contributed by atoms with Crippen LogP contribution in [-0.2, 0) is 14.4 Å². The number of aliphatic carboxylic acids is 1. The first-order chi connectivity index (χ1) is 10.3. The van der Waals surface area contributed by atoms with Crippen molar-refractivity contribution in [3.05, 3.63) is 18.2 Å². The van der Waals surface area contributed by atoms with Gasteiger partial charge in [0.05, 0.1) is 6.04 Å². The lowest BCUT2D eigenvalue weighted by molar-refractivity contribution is -0.137. The lowest BCUT2D eigenvalue weighted by atomic mass is 10.1. The molecule has 1 aromatic heterocycles. The Hall–Kier alpha value is -2.68. The molecule has 9 heteroatoms. The molecule has 0 saturated heterocycles. The minimum atomic E-state index is -1.07. The van der Waals surface area contributed by atoms with Crippen LogP contribution in [0.2, 0.25) is 0 Å². The van der Waals surface area contributed by atoms with E-state index in [1.165, 1.54) is 13.0 Å². The molecule has 1 heterocycles. The molecule has 1 aromatic rings. The van der Waals surface area contributed by atoms with Crippen molar-refractivity contribution in [1.82, 2.24) is 10.3 Å². The van der Waals surface area contributed by atoms with Crippen molar-refractivity contribution in [2.24, 2.45) is 5.73 Å². The predicted molar refractivity (Wildman–Crippen MR) is 79.7 cm³/mol. The topological polar surface area (TPSA) is 160 Å². The fourth-order valence-electron chi connectivity index (χ4n) is 1.57. The average molecular weight is 309 g/mol. The van der Waals surface area contributed by atoms with Crippen molar-refractivity contribution in [1.29, 1.82) is 0 Å². The molecular weight excluding hydrogens is 290 g/mol. The van der Waals surface area contributed by atoms with E-state index in [-0.39, 0.29) is 24.5 Å². The number of nitrogens with zero attached hydrogens (tertiary/aromatic N) is 1. The standard InChI is InChI=1S/C13H19N5O4/c1-7(14)12(21)16-8(5-6-11(19)20)13(22)18-10-4-2-3-9(15)17-10/h2-4,7-8H,5-6,14H2,1H3,(H,16,21)(H,19,20)(H3,15,17,18,22). The van der Waals surface area contributed by atoms with E-state index in [9.17, 15) is 14.4 Å². The first kappa shape index (κ1) is 17.4. The van der Waals surface area contributed by atoms with Crippen LogP contribution in [0.4, 0.5) is 11.6 Å². The van der Waals surface area contributed by atoms with E-state index in [0.29, 0.717) is 0 Å². The van der Waals surface area contributed by atoms with Gasteiger partial charge in [-0.1, -0.05) is 6.07 Å². The molecule has 22 heavy (non-hydrogen) atoms. The number of carbonyl (C=O) groups excluding carboxylic acids is 2. The Bertz CT molecular complexity index is 561. The van der Waals surface area contributed by atoms with Crippen molar-refractivity contribution in [3.8, 4) is 0 Å². The maximum Gasteiger partial charge on any atom is 0.303 e. The van der Waals surface area contributed by atoms with Gasteiger partial charge in [-0.2, -0.15) is 0 Å². The van der Waals surface area contributed by atoms with Crippen LogP contribution >= 0.6 is 0 Å². The van der Waals surface area contributed by atoms with E-state index >= 15 is 0 Å². The third-order valence-electron chi connectivity index (χ3n) is 2.72. The number of nitrogen functional groups attached to an aromatic ring is 1. The van der Waals surface area contributed by atoms with E-state index in [1.54, 1.807) is 12.1 Å². The van der Waals surface area contributed by atoms with Gasteiger partial charge in [-0.15, -0.1) is 0 Å². The number of carboxylic acid groups (broad SMARTS) is 1. The van der Waals surface area contributed by atoms with Crippen LogP contribution in [0, 0.1) is 0 Å². The summed E-state index contributed by atoms with van der Waals surface area (Å²) in [5.74, 6) is -1.78. The summed E-state index contributed by atoms with van der Waals surface area (Å²) in [5.41, 5.74) is 10.9. The van der Waals surface area contributed by atoms with Crippen LogP contribution in [0.15, 0.2) is 18.2 Å². The molecular formula is C13H19N5O4. The fraction of sp³-hybridized carbons (Fsp3) is 0.385. The van der Waals surface area contributed by atoms with E-state index in [2.05, 4.69) is 15.6 Å². The summed E-state index contributed by atoms with van der Waals surface area (Å²) in [6, 6.07) is 2.83. The Balaban J connectivity index is 2.77. The second-order valence-electron chi connectivity index (χ2n) is 4.72. The zero-order valence-corrected chi connectivity index (χ0v) is 12.1. The Labute approximate surface area is 127 Å². The SMILES string of the molecule is CC(N)C(=O)NC(CCC(=O)O)C(=O)Nc1cccc(N)n1. The highest BCUT2D eigenvalue weighted by molar-refractivity contribution is 5.97. The molecule has 7 N–H and O–H groups in total. The Morgan fingerprint density at radius 2 is 2.00 bits per heavy atom. The van der Waals surface area contributed by atoms with Crippen LogP contribution in [0.25, 0.3) is 0 Å². The number of nitrogens with two attached hydrogens (primary N) is 2. The van der Waals surface area contributed by atoms with Gasteiger partial charge >= 0.3 is 5.97 Å². The van der Waals surface area contributed by atoms with Crippen molar-refractivity contribution in [3.63, 3.8) is 0 Å². The fourth-order valence-corrected chi connectivity index (χ4v) is 1.57. The third-order valence-corrected chi connectivity index (χ3v) is 2.72. The zero-order valence-electron chi connectivity index (χ0n) is 12.1. The zero-order chi connectivity index (χ0) is 16.7. The van der Waals surface area contributed by atoms with Gasteiger partial charge in [-0.3, -0.25) is 14.4 Å². The molecule has 0 aromatic carbocycles. The summed E-state index contributed by atoms with van der Waals surface area (Å²) in [4.78, 5) is 38.3. The molecule has 0 fully saturated rings. The van der Waals surface area contributed by atoms with E-state index < -0.39 is 29.9 Å². The molecule has 0 bridgehead atoms. The Morgan fingerprint density at radius 1 is 1.32 bits per heavy atom. The van der Waals surface area contributed by atoms with E-state index in [1.807, 2.05) is 0 Å². The summed E-state index contributed by atoms with van der Waals surface area (Å²) in [6.07, 6.45) is -0.344. The highest BCUT2D eigenvalue weighted by Crippen LogP contribution is 2.08. The van der Waals surface area contributed by atoms with Crippen molar-refractivity contribution < 1.29 is 19.5 Å². The first-order valence-electron chi connectivity index (χ1n) is 6.60. The van der Waals surface area contributed by atoms with Crippen LogP contribution in [-0.4, -0.2) is 40.0 Å². The van der Waals surface area contributed by atoms with Crippen molar-refractivity contribution >= 4 is 29.4 Å². The van der Waals surface area contributed by atoms with Gasteiger partial charge in [0.15, 0.2) is 0 Å². The van der Waals surface area contributed by atoms with E-state index in [0.717, 1.165) is 0 Å². The van der Waals surface area contributed by atoms with Crippen LogP contribution in [0.3, 0.4) is 0 Å². The predicted octanol–water partition coefficient (Wildman–Crippen LogP) is -0.701. The number of carbonyl (C=O) groups is 3. The molecule has 0 aliphatic rings. The molecule has 0 aliphatic carbocycles. The van der Waals surface area contributed by atoms with Crippen molar-refractivity contribution in [2.45, 2.75) is 31.8 Å². The third kappa shape index (κ3) is 5.75. The number of anilines is 2. The maximum atomic E-state index is 12.2. The summed E-state index contributed by atoms with van der Waals surface area (Å²) in [5, 5.41) is 13.6. The molecule has 0 aliphatic heterocycles. The van der Waals surface area contributed by atoms with Crippen LogP contribution in [0.1, 0.15) is 19.8 Å². The Kier molecular flexibility index (Phi) is 6.26. The highest BCUT2D eigenvalue weighted by atomic mass is 16.4.